The predicted octanol–water partition coefficient (Wildman–Crippen LogP) is 3.18. The molecule has 0 aromatic heterocycles. The molecule has 2 aliphatic rings. The van der Waals surface area contributed by atoms with Crippen LogP contribution >= 0.6 is 0 Å². The number of rotatable bonds is 6. The van der Waals surface area contributed by atoms with E-state index in [1.54, 1.807) is 48.5 Å². The van der Waals surface area contributed by atoms with E-state index >= 15 is 0 Å². The van der Waals surface area contributed by atoms with Gasteiger partial charge in [0.15, 0.2) is 0 Å². The Bertz CT molecular complexity index is 884. The monoisotopic (exact) mass is 363 g/mol. The fourth-order valence-corrected chi connectivity index (χ4v) is 2.73. The molecule has 2 saturated carbocycles. The molecule has 2 aromatic carbocycles. The molecule has 6 nitrogen and oxygen atoms in total. The van der Waals surface area contributed by atoms with E-state index in [1.165, 1.54) is 0 Å². The minimum atomic E-state index is -0.269. The van der Waals surface area contributed by atoms with Gasteiger partial charge in [0.05, 0.1) is 0 Å². The lowest BCUT2D eigenvalue weighted by molar-refractivity contribution is -0.117. The summed E-state index contributed by atoms with van der Waals surface area (Å²) >= 11 is 0. The zero-order chi connectivity index (χ0) is 18.8. The van der Waals surface area contributed by atoms with E-state index in [1.807, 2.05) is 0 Å². The van der Waals surface area contributed by atoms with Crippen molar-refractivity contribution < 1.29 is 14.4 Å². The summed E-state index contributed by atoms with van der Waals surface area (Å²) in [5.41, 5.74) is 2.25. The maximum atomic E-state index is 12.4. The minimum Gasteiger partial charge on any atom is -0.349 e. The largest absolute Gasteiger partial charge is 0.349 e. The summed E-state index contributed by atoms with van der Waals surface area (Å²) in [5.74, 6) is -0.218. The summed E-state index contributed by atoms with van der Waals surface area (Å²) < 4.78 is 0. The van der Waals surface area contributed by atoms with Gasteiger partial charge < -0.3 is 16.0 Å². The normalized spacial score (nSPS) is 15.7. The van der Waals surface area contributed by atoms with Crippen molar-refractivity contribution in [3.63, 3.8) is 0 Å². The van der Waals surface area contributed by atoms with Gasteiger partial charge >= 0.3 is 0 Å². The molecule has 0 aliphatic heterocycles. The Hall–Kier alpha value is -3.15. The summed E-state index contributed by atoms with van der Waals surface area (Å²) in [6.07, 6.45) is 3.95. The maximum absolute atomic E-state index is 12.4. The molecule has 0 atom stereocenters. The lowest BCUT2D eigenvalue weighted by atomic mass is 10.1. The number of hydrogen-bond donors (Lipinski definition) is 3. The molecular formula is C21H21N3O3. The number of amides is 3. The van der Waals surface area contributed by atoms with Gasteiger partial charge in [0.25, 0.3) is 11.8 Å². The van der Waals surface area contributed by atoms with Gasteiger partial charge in [0.2, 0.25) is 5.91 Å². The van der Waals surface area contributed by atoms with E-state index < -0.39 is 0 Å². The third-order valence-corrected chi connectivity index (χ3v) is 4.66. The van der Waals surface area contributed by atoms with Crippen molar-refractivity contribution in [3.05, 3.63) is 59.7 Å². The molecule has 0 radical (unpaired) electrons. The van der Waals surface area contributed by atoms with E-state index in [4.69, 9.17) is 0 Å². The van der Waals surface area contributed by atoms with Crippen molar-refractivity contribution in [2.24, 2.45) is 5.92 Å². The molecule has 0 heterocycles. The highest BCUT2D eigenvalue weighted by atomic mass is 16.2. The molecule has 2 fully saturated rings. The Kier molecular flexibility index (Phi) is 4.62. The number of anilines is 2. The van der Waals surface area contributed by atoms with Crippen molar-refractivity contribution in [1.29, 1.82) is 0 Å². The van der Waals surface area contributed by atoms with Gasteiger partial charge in [-0.1, -0.05) is 6.07 Å². The first-order valence-electron chi connectivity index (χ1n) is 9.22. The second kappa shape index (κ2) is 7.23. The topological polar surface area (TPSA) is 87.3 Å². The van der Waals surface area contributed by atoms with Crippen LogP contribution in [0.15, 0.2) is 48.5 Å². The first kappa shape index (κ1) is 17.3. The van der Waals surface area contributed by atoms with Gasteiger partial charge in [-0.25, -0.2) is 0 Å². The molecular weight excluding hydrogens is 342 g/mol. The van der Waals surface area contributed by atoms with E-state index in [9.17, 15) is 14.4 Å². The average Bonchev–Trinajstić information content (AvgIpc) is 3.56. The zero-order valence-corrected chi connectivity index (χ0v) is 14.8. The molecule has 4 rings (SSSR count). The van der Waals surface area contributed by atoms with Gasteiger partial charge in [0.1, 0.15) is 0 Å². The van der Waals surface area contributed by atoms with Crippen molar-refractivity contribution in [3.8, 4) is 0 Å². The summed E-state index contributed by atoms with van der Waals surface area (Å²) in [7, 11) is 0. The van der Waals surface area contributed by atoms with Crippen molar-refractivity contribution >= 4 is 29.1 Å². The SMILES string of the molecule is O=C(Nc1cccc(C(=O)NC2CC2)c1)c1ccc(NC(=O)C2CC2)cc1. The van der Waals surface area contributed by atoms with Gasteiger partial charge in [-0.3, -0.25) is 14.4 Å². The van der Waals surface area contributed by atoms with Crippen molar-refractivity contribution in [1.82, 2.24) is 5.32 Å². The van der Waals surface area contributed by atoms with Crippen LogP contribution in [0.2, 0.25) is 0 Å². The van der Waals surface area contributed by atoms with E-state index in [0.717, 1.165) is 25.7 Å². The third-order valence-electron chi connectivity index (χ3n) is 4.66. The quantitative estimate of drug-likeness (QED) is 0.737. The Labute approximate surface area is 157 Å². The number of carbonyl (C=O) groups is 3. The van der Waals surface area contributed by atoms with Crippen LogP contribution in [0.3, 0.4) is 0 Å². The molecule has 2 aliphatic carbocycles. The zero-order valence-electron chi connectivity index (χ0n) is 14.8. The lowest BCUT2D eigenvalue weighted by Gasteiger charge is -2.09. The molecule has 138 valence electrons. The van der Waals surface area contributed by atoms with Gasteiger partial charge in [-0.2, -0.15) is 0 Å². The van der Waals surface area contributed by atoms with Gasteiger partial charge in [-0.05, 0) is 68.1 Å². The highest BCUT2D eigenvalue weighted by Gasteiger charge is 2.29. The first-order chi connectivity index (χ1) is 13.1. The van der Waals surface area contributed by atoms with Crippen molar-refractivity contribution in [2.45, 2.75) is 31.7 Å². The Morgan fingerprint density at radius 1 is 0.741 bits per heavy atom. The highest BCUT2D eigenvalue weighted by molar-refractivity contribution is 6.05. The van der Waals surface area contributed by atoms with Crippen LogP contribution < -0.4 is 16.0 Å². The van der Waals surface area contributed by atoms with Crippen LogP contribution in [0.5, 0.6) is 0 Å². The van der Waals surface area contributed by atoms with Crippen LogP contribution in [0, 0.1) is 5.92 Å². The Balaban J connectivity index is 1.38. The summed E-state index contributed by atoms with van der Waals surface area (Å²) in [5, 5.41) is 8.58. The standard InChI is InChI=1S/C21H21N3O3/c25-19(13-4-5-13)22-16-8-6-14(7-9-16)20(26)24-18-3-1-2-15(12-18)21(27)23-17-10-11-17/h1-3,6-9,12-13,17H,4-5,10-11H2,(H,22,25)(H,23,27)(H,24,26). The third kappa shape index (κ3) is 4.53. The fraction of sp³-hybridized carbons (Fsp3) is 0.286. The minimum absolute atomic E-state index is 0.0356. The predicted molar refractivity (Wildman–Crippen MR) is 103 cm³/mol. The summed E-state index contributed by atoms with van der Waals surface area (Å²) in [6, 6.07) is 13.9. The van der Waals surface area contributed by atoms with Gasteiger partial charge in [0, 0.05) is 34.5 Å². The van der Waals surface area contributed by atoms with E-state index in [2.05, 4.69) is 16.0 Å². The number of nitrogens with one attached hydrogen (secondary N) is 3. The van der Waals surface area contributed by atoms with Crippen LogP contribution in [0.1, 0.15) is 46.4 Å². The molecule has 6 heteroatoms. The summed E-state index contributed by atoms with van der Waals surface area (Å²) in [6.45, 7) is 0. The number of hydrogen-bond acceptors (Lipinski definition) is 3. The smallest absolute Gasteiger partial charge is 0.255 e. The Morgan fingerprint density at radius 2 is 1.48 bits per heavy atom. The van der Waals surface area contributed by atoms with E-state index in [0.29, 0.717) is 22.5 Å². The fourth-order valence-electron chi connectivity index (χ4n) is 2.73. The second-order valence-electron chi connectivity index (χ2n) is 7.12. The molecule has 0 unspecified atom stereocenters. The highest BCUT2D eigenvalue weighted by Crippen LogP contribution is 2.30. The van der Waals surface area contributed by atoms with Gasteiger partial charge in [-0.15, -0.1) is 0 Å². The number of benzene rings is 2. The molecule has 3 amide bonds. The van der Waals surface area contributed by atoms with Crippen LogP contribution in [-0.4, -0.2) is 23.8 Å². The molecule has 3 N–H and O–H groups in total. The van der Waals surface area contributed by atoms with Crippen LogP contribution in [0.4, 0.5) is 11.4 Å². The van der Waals surface area contributed by atoms with Crippen LogP contribution in [-0.2, 0) is 4.79 Å². The molecule has 0 saturated heterocycles. The Morgan fingerprint density at radius 3 is 2.15 bits per heavy atom. The number of carbonyl (C=O) groups excluding carboxylic acids is 3. The summed E-state index contributed by atoms with van der Waals surface area (Å²) in [4.78, 5) is 36.3. The molecule has 0 bridgehead atoms. The molecule has 27 heavy (non-hydrogen) atoms. The average molecular weight is 363 g/mol. The maximum Gasteiger partial charge on any atom is 0.255 e. The molecule has 2 aromatic rings. The van der Waals surface area contributed by atoms with Crippen LogP contribution in [0.25, 0.3) is 0 Å². The lowest BCUT2D eigenvalue weighted by Crippen LogP contribution is -2.25. The van der Waals surface area contributed by atoms with Crippen molar-refractivity contribution in [2.75, 3.05) is 10.6 Å². The second-order valence-corrected chi connectivity index (χ2v) is 7.12. The molecule has 0 spiro atoms. The first-order valence-corrected chi connectivity index (χ1v) is 9.22. The van der Waals surface area contributed by atoms with E-state index in [-0.39, 0.29) is 29.7 Å².